The lowest BCUT2D eigenvalue weighted by Gasteiger charge is -2.51. The van der Waals surface area contributed by atoms with E-state index >= 15 is 0 Å². The first-order chi connectivity index (χ1) is 20.4. The molecule has 42 heavy (non-hydrogen) atoms. The van der Waals surface area contributed by atoms with Gasteiger partial charge in [0.2, 0.25) is 5.91 Å². The maximum absolute atomic E-state index is 13.9. The highest BCUT2D eigenvalue weighted by atomic mass is 16.6. The van der Waals surface area contributed by atoms with E-state index in [0.717, 1.165) is 10.9 Å². The molecule has 0 radical (unpaired) electrons. The summed E-state index contributed by atoms with van der Waals surface area (Å²) >= 11 is 0. The minimum atomic E-state index is -1.07. The zero-order valence-electron chi connectivity index (χ0n) is 23.1. The number of piperidine rings is 2. The molecule has 2 aliphatic rings. The average molecular weight is 568 g/mol. The van der Waals surface area contributed by atoms with Gasteiger partial charge in [0, 0.05) is 38.1 Å². The number of aromatic nitrogens is 2. The quantitative estimate of drug-likeness (QED) is 0.314. The van der Waals surface area contributed by atoms with Gasteiger partial charge in [-0.25, -0.2) is 4.79 Å². The highest BCUT2D eigenvalue weighted by molar-refractivity contribution is 6.05. The second kappa shape index (κ2) is 11.7. The molecular weight excluding hydrogens is 534 g/mol. The molecule has 1 unspecified atom stereocenters. The number of aliphatic hydroxyl groups is 1. The van der Waals surface area contributed by atoms with Crippen molar-refractivity contribution in [2.24, 2.45) is 11.3 Å². The van der Waals surface area contributed by atoms with Crippen molar-refractivity contribution < 1.29 is 24.2 Å². The number of aromatic amines is 1. The first-order valence-electron chi connectivity index (χ1n) is 14.1. The fourth-order valence-corrected chi connectivity index (χ4v) is 6.23. The van der Waals surface area contributed by atoms with Crippen LogP contribution < -0.4 is 5.32 Å². The van der Waals surface area contributed by atoms with E-state index in [1.807, 2.05) is 60.7 Å². The van der Waals surface area contributed by atoms with Crippen molar-refractivity contribution in [2.75, 3.05) is 32.7 Å². The number of fused-ring (bicyclic) bond motifs is 3. The standard InChI is InChI=1S/C32H33N5O5/c38-27(24-10-5-2-6-11-24)16-33-30(40)32-14-23(18-37(21-32)31(41)42-19-22-8-3-1-4-9-22)17-36(20-32)29(39)26-13-7-12-25-15-34-35-28(25)26/h1-13,15,23,27,38H,14,16-21H2,(H,33,40)(H,34,35)/t23-,27?,32+/m1/s1. The normalized spacial score (nSPS) is 20.6. The van der Waals surface area contributed by atoms with Gasteiger partial charge in [-0.05, 0) is 29.5 Å². The van der Waals surface area contributed by atoms with Gasteiger partial charge >= 0.3 is 6.09 Å². The van der Waals surface area contributed by atoms with E-state index in [1.165, 1.54) is 0 Å². The maximum atomic E-state index is 13.9. The minimum absolute atomic E-state index is 0.00904. The Morgan fingerprint density at radius 1 is 0.976 bits per heavy atom. The molecule has 3 amide bonds. The molecule has 6 rings (SSSR count). The molecule has 1 aromatic heterocycles. The summed E-state index contributed by atoms with van der Waals surface area (Å²) in [5.74, 6) is -0.636. The number of nitrogens with one attached hydrogen (secondary N) is 2. The summed E-state index contributed by atoms with van der Waals surface area (Å²) in [4.78, 5) is 44.3. The molecule has 3 N–H and O–H groups in total. The summed E-state index contributed by atoms with van der Waals surface area (Å²) in [6.07, 6.45) is 0.799. The van der Waals surface area contributed by atoms with Crippen molar-refractivity contribution in [1.82, 2.24) is 25.3 Å². The van der Waals surface area contributed by atoms with E-state index in [1.54, 1.807) is 34.2 Å². The number of para-hydroxylation sites is 1. The van der Waals surface area contributed by atoms with Crippen molar-refractivity contribution in [3.63, 3.8) is 0 Å². The highest BCUT2D eigenvalue weighted by Crippen LogP contribution is 2.40. The lowest BCUT2D eigenvalue weighted by molar-refractivity contribution is -0.140. The maximum Gasteiger partial charge on any atom is 0.410 e. The number of carbonyl (C=O) groups is 3. The largest absolute Gasteiger partial charge is 0.445 e. The third-order valence-electron chi connectivity index (χ3n) is 8.20. The number of rotatable bonds is 7. The second-order valence-electron chi connectivity index (χ2n) is 11.2. The number of hydrogen-bond acceptors (Lipinski definition) is 6. The van der Waals surface area contributed by atoms with Gasteiger partial charge in [-0.15, -0.1) is 0 Å². The Morgan fingerprint density at radius 3 is 2.48 bits per heavy atom. The number of nitrogens with zero attached hydrogens (tertiary/aromatic N) is 3. The first-order valence-corrected chi connectivity index (χ1v) is 14.1. The van der Waals surface area contributed by atoms with Crippen LogP contribution in [0, 0.1) is 11.3 Å². The molecule has 2 saturated heterocycles. The monoisotopic (exact) mass is 567 g/mol. The smallest absolute Gasteiger partial charge is 0.410 e. The van der Waals surface area contributed by atoms with Gasteiger partial charge in [-0.2, -0.15) is 5.10 Å². The molecule has 3 heterocycles. The fraction of sp³-hybridized carbons (Fsp3) is 0.312. The summed E-state index contributed by atoms with van der Waals surface area (Å²) in [6, 6.07) is 24.0. The molecule has 2 bridgehead atoms. The van der Waals surface area contributed by atoms with Crippen LogP contribution in [0.1, 0.15) is 34.0 Å². The average Bonchev–Trinajstić information content (AvgIpc) is 3.51. The van der Waals surface area contributed by atoms with E-state index in [9.17, 15) is 19.5 Å². The number of benzene rings is 3. The molecule has 4 aromatic rings. The summed E-state index contributed by atoms with van der Waals surface area (Å²) in [6.45, 7) is 1.13. The Bertz CT molecular complexity index is 1580. The molecule has 0 saturated carbocycles. The van der Waals surface area contributed by atoms with Crippen molar-refractivity contribution in [2.45, 2.75) is 19.1 Å². The van der Waals surface area contributed by atoms with Crippen LogP contribution in [-0.2, 0) is 16.1 Å². The first kappa shape index (κ1) is 27.5. The molecule has 0 aliphatic carbocycles. The zero-order chi connectivity index (χ0) is 29.1. The van der Waals surface area contributed by atoms with Crippen LogP contribution in [0.2, 0.25) is 0 Å². The number of carbonyl (C=O) groups excluding carboxylic acids is 3. The van der Waals surface area contributed by atoms with Crippen LogP contribution in [-0.4, -0.2) is 75.7 Å². The van der Waals surface area contributed by atoms with Crippen LogP contribution in [0.15, 0.2) is 85.1 Å². The summed E-state index contributed by atoms with van der Waals surface area (Å²) < 4.78 is 5.62. The second-order valence-corrected chi connectivity index (χ2v) is 11.2. The lowest BCUT2D eigenvalue weighted by Crippen LogP contribution is -2.65. The predicted octanol–water partition coefficient (Wildman–Crippen LogP) is 3.51. The van der Waals surface area contributed by atoms with Gasteiger partial charge in [-0.1, -0.05) is 72.8 Å². The molecule has 10 nitrogen and oxygen atoms in total. The molecule has 3 aromatic carbocycles. The number of ether oxygens (including phenoxy) is 1. The van der Waals surface area contributed by atoms with Gasteiger partial charge in [-0.3, -0.25) is 14.7 Å². The number of likely N-dealkylation sites (tertiary alicyclic amines) is 2. The lowest BCUT2D eigenvalue weighted by atomic mass is 9.71. The van der Waals surface area contributed by atoms with Gasteiger partial charge in [0.05, 0.1) is 28.8 Å². The number of H-pyrrole nitrogens is 1. The van der Waals surface area contributed by atoms with E-state index in [4.69, 9.17) is 4.74 Å². The number of amides is 3. The topological polar surface area (TPSA) is 128 Å². The van der Waals surface area contributed by atoms with Crippen molar-refractivity contribution in [3.8, 4) is 0 Å². The predicted molar refractivity (Wildman–Crippen MR) is 155 cm³/mol. The van der Waals surface area contributed by atoms with Gasteiger partial charge in [0.1, 0.15) is 6.61 Å². The highest BCUT2D eigenvalue weighted by Gasteiger charge is 2.52. The summed E-state index contributed by atoms with van der Waals surface area (Å²) in [7, 11) is 0. The minimum Gasteiger partial charge on any atom is -0.445 e. The third-order valence-corrected chi connectivity index (χ3v) is 8.20. The Labute approximate surface area is 243 Å². The van der Waals surface area contributed by atoms with Crippen LogP contribution >= 0.6 is 0 Å². The summed E-state index contributed by atoms with van der Waals surface area (Å²) in [5.41, 5.74) is 1.63. The van der Waals surface area contributed by atoms with Crippen LogP contribution in [0.3, 0.4) is 0 Å². The van der Waals surface area contributed by atoms with E-state index in [2.05, 4.69) is 15.5 Å². The van der Waals surface area contributed by atoms with Crippen molar-refractivity contribution in [1.29, 1.82) is 0 Å². The molecule has 3 atom stereocenters. The number of aliphatic hydroxyl groups excluding tert-OH is 1. The molecule has 0 spiro atoms. The van der Waals surface area contributed by atoms with Gasteiger partial charge < -0.3 is 25.0 Å². The van der Waals surface area contributed by atoms with E-state index in [0.29, 0.717) is 36.2 Å². The SMILES string of the molecule is O=C(OCc1ccccc1)N1C[C@H]2CN(C(=O)c3cccc4cn[nH]c34)C[C@@](C(=O)NCC(O)c3ccccc3)(C2)C1. The summed E-state index contributed by atoms with van der Waals surface area (Å²) in [5, 5.41) is 21.4. The molecular formula is C32H33N5O5. The molecule has 2 fully saturated rings. The molecule has 10 heteroatoms. The van der Waals surface area contributed by atoms with Crippen molar-refractivity contribution >= 4 is 28.8 Å². The Balaban J connectivity index is 1.23. The fourth-order valence-electron chi connectivity index (χ4n) is 6.23. The molecule has 216 valence electrons. The van der Waals surface area contributed by atoms with E-state index < -0.39 is 17.6 Å². The van der Waals surface area contributed by atoms with Crippen LogP contribution in [0.25, 0.3) is 10.9 Å². The van der Waals surface area contributed by atoms with Crippen LogP contribution in [0.4, 0.5) is 4.79 Å². The molecule has 2 aliphatic heterocycles. The van der Waals surface area contributed by atoms with Gasteiger partial charge in [0.25, 0.3) is 5.91 Å². The Kier molecular flexibility index (Phi) is 7.62. The van der Waals surface area contributed by atoms with Crippen LogP contribution in [0.5, 0.6) is 0 Å². The Morgan fingerprint density at radius 2 is 1.69 bits per heavy atom. The van der Waals surface area contributed by atoms with E-state index in [-0.39, 0.29) is 44.0 Å². The third kappa shape index (κ3) is 5.58. The van der Waals surface area contributed by atoms with Crippen molar-refractivity contribution in [3.05, 3.63) is 102 Å². The Hall–Kier alpha value is -4.70. The number of hydrogen-bond donors (Lipinski definition) is 3. The zero-order valence-corrected chi connectivity index (χ0v) is 23.1. The van der Waals surface area contributed by atoms with Gasteiger partial charge in [0.15, 0.2) is 0 Å².